The summed E-state index contributed by atoms with van der Waals surface area (Å²) in [5, 5.41) is 13.9. The summed E-state index contributed by atoms with van der Waals surface area (Å²) in [6.45, 7) is 3.21. The number of ether oxygens (including phenoxy) is 2. The highest BCUT2D eigenvalue weighted by Crippen LogP contribution is 2.50. The van der Waals surface area contributed by atoms with E-state index in [2.05, 4.69) is 30.9 Å². The number of rotatable bonds is 6. The summed E-state index contributed by atoms with van der Waals surface area (Å²) in [5.41, 5.74) is 2.24. The highest BCUT2D eigenvalue weighted by atomic mass is 35.5. The molecule has 1 spiro atoms. The lowest BCUT2D eigenvalue weighted by Gasteiger charge is -2.52. The largest absolute Gasteiger partial charge is 0.441 e. The van der Waals surface area contributed by atoms with Crippen LogP contribution in [-0.4, -0.2) is 50.2 Å². The molecule has 11 nitrogen and oxygen atoms in total. The summed E-state index contributed by atoms with van der Waals surface area (Å²) in [5.74, 6) is 0.306. The Balaban J connectivity index is 1.22. The third kappa shape index (κ3) is 4.69. The van der Waals surface area contributed by atoms with Crippen molar-refractivity contribution in [2.24, 2.45) is 18.4 Å². The van der Waals surface area contributed by atoms with Crippen LogP contribution in [-0.2, 0) is 21.3 Å². The summed E-state index contributed by atoms with van der Waals surface area (Å²) >= 11 is 6.08. The van der Waals surface area contributed by atoms with E-state index in [0.29, 0.717) is 28.5 Å². The Bertz CT molecular complexity index is 1250. The van der Waals surface area contributed by atoms with Gasteiger partial charge in [-0.05, 0) is 38.0 Å². The zero-order valence-corrected chi connectivity index (χ0v) is 20.0. The molecule has 12 heteroatoms. The Kier molecular flexibility index (Phi) is 6.12. The van der Waals surface area contributed by atoms with Crippen LogP contribution in [0.3, 0.4) is 0 Å². The number of carbonyl (C=O) groups excluding carboxylic acids is 2. The van der Waals surface area contributed by atoms with Crippen LogP contribution in [0.2, 0.25) is 5.15 Å². The second-order valence-electron chi connectivity index (χ2n) is 8.99. The van der Waals surface area contributed by atoms with Crippen molar-refractivity contribution in [2.45, 2.75) is 25.9 Å². The SMILES string of the molecule is C[C@@H](OC(=O)Nc1c(-c2ccc(NC(=O)C3CC4(COC4)C3)cn2)nnn1C)c1cccnc1Cl. The summed E-state index contributed by atoms with van der Waals surface area (Å²) in [7, 11) is 1.64. The van der Waals surface area contributed by atoms with Crippen molar-refractivity contribution in [3.63, 3.8) is 0 Å². The summed E-state index contributed by atoms with van der Waals surface area (Å²) in [6.07, 6.45) is 3.51. The molecular weight excluding hydrogens is 474 g/mol. The molecule has 5 rings (SSSR count). The number of aryl methyl sites for hydroxylation is 1. The number of anilines is 2. The number of pyridine rings is 2. The van der Waals surface area contributed by atoms with Gasteiger partial charge in [-0.3, -0.25) is 15.1 Å². The van der Waals surface area contributed by atoms with Crippen molar-refractivity contribution in [1.82, 2.24) is 25.0 Å². The van der Waals surface area contributed by atoms with Crippen LogP contribution in [0.5, 0.6) is 0 Å². The van der Waals surface area contributed by atoms with Crippen molar-refractivity contribution in [1.29, 1.82) is 0 Å². The molecule has 1 saturated heterocycles. The lowest BCUT2D eigenvalue weighted by Crippen LogP contribution is -2.54. The van der Waals surface area contributed by atoms with Gasteiger partial charge in [0.2, 0.25) is 5.91 Å². The fraction of sp³-hybridized carbons (Fsp3) is 0.391. The lowest BCUT2D eigenvalue weighted by molar-refractivity contribution is -0.181. The molecule has 1 atom stereocenters. The van der Waals surface area contributed by atoms with Crippen LogP contribution < -0.4 is 10.6 Å². The summed E-state index contributed by atoms with van der Waals surface area (Å²) in [6, 6.07) is 6.89. The molecule has 4 heterocycles. The second-order valence-corrected chi connectivity index (χ2v) is 9.34. The second kappa shape index (κ2) is 9.23. The third-order valence-electron chi connectivity index (χ3n) is 6.38. The first-order valence-corrected chi connectivity index (χ1v) is 11.5. The first kappa shape index (κ1) is 23.2. The predicted octanol–water partition coefficient (Wildman–Crippen LogP) is 3.60. The van der Waals surface area contributed by atoms with Crippen molar-refractivity contribution < 1.29 is 19.1 Å². The number of halogens is 1. The van der Waals surface area contributed by atoms with E-state index < -0.39 is 12.2 Å². The number of aromatic nitrogens is 5. The standard InChI is InChI=1S/C23H24ClN7O4/c1-13(16-4-3-7-25-19(16)24)35-22(33)28-20-18(29-30-31(20)2)17-6-5-15(10-26-17)27-21(32)14-8-23(9-14)11-34-12-23/h3-7,10,13-14H,8-9,11-12H2,1-2H3,(H,27,32)(H,28,33)/t13-/m1/s1. The van der Waals surface area contributed by atoms with Crippen molar-refractivity contribution in [3.05, 3.63) is 47.4 Å². The highest BCUT2D eigenvalue weighted by molar-refractivity contribution is 6.30. The van der Waals surface area contributed by atoms with E-state index in [1.165, 1.54) is 4.68 Å². The molecular formula is C23H24ClN7O4. The van der Waals surface area contributed by atoms with Gasteiger partial charge in [0.05, 0.1) is 30.8 Å². The van der Waals surface area contributed by atoms with E-state index >= 15 is 0 Å². The molecule has 1 saturated carbocycles. The molecule has 0 bridgehead atoms. The van der Waals surface area contributed by atoms with Gasteiger partial charge in [0, 0.05) is 30.1 Å². The maximum absolute atomic E-state index is 12.5. The lowest BCUT2D eigenvalue weighted by atomic mass is 9.60. The van der Waals surface area contributed by atoms with Crippen LogP contribution >= 0.6 is 11.6 Å². The summed E-state index contributed by atoms with van der Waals surface area (Å²) < 4.78 is 12.1. The van der Waals surface area contributed by atoms with E-state index in [-0.39, 0.29) is 22.4 Å². The molecule has 35 heavy (non-hydrogen) atoms. The van der Waals surface area contributed by atoms with Gasteiger partial charge < -0.3 is 14.8 Å². The monoisotopic (exact) mass is 497 g/mol. The van der Waals surface area contributed by atoms with Gasteiger partial charge in [-0.2, -0.15) is 0 Å². The Morgan fingerprint density at radius 3 is 2.69 bits per heavy atom. The van der Waals surface area contributed by atoms with Gasteiger partial charge in [0.25, 0.3) is 0 Å². The average molecular weight is 498 g/mol. The molecule has 0 unspecified atom stereocenters. The third-order valence-corrected chi connectivity index (χ3v) is 6.69. The first-order valence-electron chi connectivity index (χ1n) is 11.2. The summed E-state index contributed by atoms with van der Waals surface area (Å²) in [4.78, 5) is 33.4. The molecule has 3 aromatic heterocycles. The first-order chi connectivity index (χ1) is 16.8. The maximum atomic E-state index is 12.5. The highest BCUT2D eigenvalue weighted by Gasteiger charge is 2.52. The van der Waals surface area contributed by atoms with Crippen molar-refractivity contribution in [2.75, 3.05) is 23.8 Å². The van der Waals surface area contributed by atoms with Crippen LogP contribution in [0.4, 0.5) is 16.3 Å². The van der Waals surface area contributed by atoms with Gasteiger partial charge in [-0.1, -0.05) is 22.9 Å². The smallest absolute Gasteiger partial charge is 0.413 e. The van der Waals surface area contributed by atoms with E-state index in [9.17, 15) is 9.59 Å². The van der Waals surface area contributed by atoms with E-state index in [1.807, 2.05) is 0 Å². The molecule has 1 aliphatic heterocycles. The number of amides is 2. The molecule has 2 fully saturated rings. The van der Waals surface area contributed by atoms with Crippen molar-refractivity contribution >= 4 is 35.1 Å². The number of nitrogens with zero attached hydrogens (tertiary/aromatic N) is 5. The predicted molar refractivity (Wildman–Crippen MR) is 127 cm³/mol. The van der Waals surface area contributed by atoms with Gasteiger partial charge in [-0.15, -0.1) is 5.10 Å². The van der Waals surface area contributed by atoms with E-state index in [0.717, 1.165) is 26.1 Å². The fourth-order valence-electron chi connectivity index (χ4n) is 4.37. The average Bonchev–Trinajstić information content (AvgIpc) is 3.12. The van der Waals surface area contributed by atoms with Crippen LogP contribution in [0, 0.1) is 11.3 Å². The Morgan fingerprint density at radius 1 is 1.23 bits per heavy atom. The molecule has 182 valence electrons. The molecule has 2 aliphatic rings. The van der Waals surface area contributed by atoms with Crippen LogP contribution in [0.1, 0.15) is 31.4 Å². The number of hydrogen-bond acceptors (Lipinski definition) is 8. The van der Waals surface area contributed by atoms with Crippen molar-refractivity contribution in [3.8, 4) is 11.4 Å². The Labute approximate surface area is 206 Å². The zero-order valence-electron chi connectivity index (χ0n) is 19.2. The van der Waals surface area contributed by atoms with Gasteiger partial charge in [-0.25, -0.2) is 14.5 Å². The Hall–Kier alpha value is -3.57. The number of nitrogens with one attached hydrogen (secondary N) is 2. The molecule has 3 aromatic rings. The van der Waals surface area contributed by atoms with Crippen LogP contribution in [0.25, 0.3) is 11.4 Å². The van der Waals surface area contributed by atoms with Gasteiger partial charge in [0.15, 0.2) is 11.5 Å². The fourth-order valence-corrected chi connectivity index (χ4v) is 4.64. The number of carbonyl (C=O) groups is 2. The van der Waals surface area contributed by atoms with Crippen LogP contribution in [0.15, 0.2) is 36.7 Å². The van der Waals surface area contributed by atoms with Gasteiger partial charge >= 0.3 is 6.09 Å². The molecule has 2 amide bonds. The minimum Gasteiger partial charge on any atom is -0.441 e. The Morgan fingerprint density at radius 2 is 2.03 bits per heavy atom. The molecule has 0 radical (unpaired) electrons. The number of hydrogen-bond donors (Lipinski definition) is 2. The van der Waals surface area contributed by atoms with E-state index in [4.69, 9.17) is 21.1 Å². The van der Waals surface area contributed by atoms with E-state index in [1.54, 1.807) is 50.6 Å². The molecule has 0 aromatic carbocycles. The minimum atomic E-state index is -0.705. The molecule has 1 aliphatic carbocycles. The molecule has 2 N–H and O–H groups in total. The topological polar surface area (TPSA) is 133 Å². The minimum absolute atomic E-state index is 0.00400. The maximum Gasteiger partial charge on any atom is 0.413 e. The quantitative estimate of drug-likeness (QED) is 0.493. The van der Waals surface area contributed by atoms with Gasteiger partial charge in [0.1, 0.15) is 11.3 Å². The normalized spacial score (nSPS) is 17.2. The zero-order chi connectivity index (χ0) is 24.6.